The highest BCUT2D eigenvalue weighted by Gasteiger charge is 2.35. The van der Waals surface area contributed by atoms with E-state index in [9.17, 15) is 0 Å². The van der Waals surface area contributed by atoms with Gasteiger partial charge in [-0.15, -0.1) is 0 Å². The fraction of sp³-hybridized carbons (Fsp3) is 1.00. The monoisotopic (exact) mass is 266 g/mol. The number of rotatable bonds is 5. The third-order valence-corrected chi connectivity index (χ3v) is 5.31. The summed E-state index contributed by atoms with van der Waals surface area (Å²) >= 11 is 0. The van der Waals surface area contributed by atoms with Crippen LogP contribution in [0.15, 0.2) is 0 Å². The van der Waals surface area contributed by atoms with Crippen LogP contribution in [0.1, 0.15) is 53.4 Å². The second-order valence-electron chi connectivity index (χ2n) is 7.43. The van der Waals surface area contributed by atoms with E-state index in [1.54, 1.807) is 0 Å². The molecule has 2 nitrogen and oxygen atoms in total. The number of likely N-dealkylation sites (tertiary alicyclic amines) is 1. The molecule has 0 radical (unpaired) electrons. The van der Waals surface area contributed by atoms with E-state index >= 15 is 0 Å². The number of hydrogen-bond donors (Lipinski definition) is 1. The molecule has 2 fully saturated rings. The van der Waals surface area contributed by atoms with Crippen molar-refractivity contribution in [1.29, 1.82) is 0 Å². The summed E-state index contributed by atoms with van der Waals surface area (Å²) in [5, 5.41) is 3.84. The lowest BCUT2D eigenvalue weighted by Gasteiger charge is -2.42. The summed E-state index contributed by atoms with van der Waals surface area (Å²) in [5.74, 6) is 3.57. The zero-order valence-corrected chi connectivity index (χ0v) is 13.5. The van der Waals surface area contributed by atoms with Crippen molar-refractivity contribution in [2.24, 2.45) is 23.7 Å². The summed E-state index contributed by atoms with van der Waals surface area (Å²) in [4.78, 5) is 2.72. The predicted octanol–water partition coefficient (Wildman–Crippen LogP) is 3.38. The fourth-order valence-corrected chi connectivity index (χ4v) is 4.27. The van der Waals surface area contributed by atoms with Gasteiger partial charge in [0.25, 0.3) is 0 Å². The summed E-state index contributed by atoms with van der Waals surface area (Å²) < 4.78 is 0. The Morgan fingerprint density at radius 1 is 1.11 bits per heavy atom. The summed E-state index contributed by atoms with van der Waals surface area (Å²) in [6.07, 6.45) is 5.48. The van der Waals surface area contributed by atoms with E-state index in [0.29, 0.717) is 0 Å². The van der Waals surface area contributed by atoms with Crippen molar-refractivity contribution in [3.05, 3.63) is 0 Å². The van der Waals surface area contributed by atoms with Crippen molar-refractivity contribution >= 4 is 0 Å². The predicted molar refractivity (Wildman–Crippen MR) is 83.4 cm³/mol. The van der Waals surface area contributed by atoms with Crippen molar-refractivity contribution < 1.29 is 0 Å². The van der Waals surface area contributed by atoms with Crippen LogP contribution >= 0.6 is 0 Å². The summed E-state index contributed by atoms with van der Waals surface area (Å²) in [6.45, 7) is 14.8. The third-order valence-electron chi connectivity index (χ3n) is 5.31. The molecule has 19 heavy (non-hydrogen) atoms. The second kappa shape index (κ2) is 7.08. The fourth-order valence-electron chi connectivity index (χ4n) is 4.27. The quantitative estimate of drug-likeness (QED) is 0.820. The first-order valence-corrected chi connectivity index (χ1v) is 8.55. The van der Waals surface area contributed by atoms with Crippen LogP contribution in [-0.2, 0) is 0 Å². The summed E-state index contributed by atoms with van der Waals surface area (Å²) in [7, 11) is 0. The van der Waals surface area contributed by atoms with Gasteiger partial charge in [0.15, 0.2) is 0 Å². The van der Waals surface area contributed by atoms with Crippen LogP contribution in [0.4, 0.5) is 0 Å². The Morgan fingerprint density at radius 2 is 1.89 bits per heavy atom. The second-order valence-corrected chi connectivity index (χ2v) is 7.43. The molecule has 2 rings (SSSR count). The van der Waals surface area contributed by atoms with Crippen LogP contribution in [0.25, 0.3) is 0 Å². The Bertz CT molecular complexity index is 266. The zero-order chi connectivity index (χ0) is 13.8. The first-order valence-electron chi connectivity index (χ1n) is 8.55. The smallest absolute Gasteiger partial charge is 0.0113 e. The molecule has 2 aliphatic rings. The molecular formula is C17H34N2. The van der Waals surface area contributed by atoms with Gasteiger partial charge in [0.05, 0.1) is 0 Å². The minimum absolute atomic E-state index is 0.759. The van der Waals surface area contributed by atoms with E-state index in [1.807, 2.05) is 0 Å². The van der Waals surface area contributed by atoms with Gasteiger partial charge in [0.1, 0.15) is 0 Å². The number of hydrogen-bond acceptors (Lipinski definition) is 2. The first-order chi connectivity index (χ1) is 9.10. The van der Waals surface area contributed by atoms with Crippen LogP contribution in [0.3, 0.4) is 0 Å². The van der Waals surface area contributed by atoms with Crippen molar-refractivity contribution in [2.75, 3.05) is 26.2 Å². The average Bonchev–Trinajstić information content (AvgIpc) is 2.76. The van der Waals surface area contributed by atoms with Gasteiger partial charge >= 0.3 is 0 Å². The van der Waals surface area contributed by atoms with Crippen molar-refractivity contribution in [1.82, 2.24) is 10.2 Å². The normalized spacial score (nSPS) is 40.7. The standard InChI is InChI=1S/C17H34N2/c1-5-7-18-17-10-14(3)9-15(4)16(17)12-19-8-6-13(2)11-19/h13-18H,5-12H2,1-4H3. The molecule has 0 spiro atoms. The van der Waals surface area contributed by atoms with Gasteiger partial charge in [0, 0.05) is 19.1 Å². The van der Waals surface area contributed by atoms with Gasteiger partial charge < -0.3 is 10.2 Å². The van der Waals surface area contributed by atoms with Gasteiger partial charge in [-0.3, -0.25) is 0 Å². The maximum absolute atomic E-state index is 3.84. The highest BCUT2D eigenvalue weighted by Crippen LogP contribution is 2.35. The Kier molecular flexibility index (Phi) is 5.70. The molecule has 1 saturated carbocycles. The van der Waals surface area contributed by atoms with Crippen molar-refractivity contribution in [2.45, 2.75) is 59.4 Å². The Balaban J connectivity index is 1.92. The van der Waals surface area contributed by atoms with Gasteiger partial charge in [-0.05, 0) is 62.4 Å². The molecule has 1 N–H and O–H groups in total. The lowest BCUT2D eigenvalue weighted by Crippen LogP contribution is -2.49. The number of nitrogens with zero attached hydrogens (tertiary/aromatic N) is 1. The van der Waals surface area contributed by atoms with Gasteiger partial charge in [-0.2, -0.15) is 0 Å². The molecule has 0 aromatic heterocycles. The van der Waals surface area contributed by atoms with E-state index in [4.69, 9.17) is 0 Å². The lowest BCUT2D eigenvalue weighted by molar-refractivity contribution is 0.109. The lowest BCUT2D eigenvalue weighted by atomic mass is 9.72. The highest BCUT2D eigenvalue weighted by atomic mass is 15.2. The maximum atomic E-state index is 3.84. The minimum atomic E-state index is 0.759. The van der Waals surface area contributed by atoms with Crippen LogP contribution < -0.4 is 5.32 Å². The summed E-state index contributed by atoms with van der Waals surface area (Å²) in [5.41, 5.74) is 0. The summed E-state index contributed by atoms with van der Waals surface area (Å²) in [6, 6.07) is 0.759. The molecule has 0 aromatic carbocycles. The Labute approximate surface area is 120 Å². The van der Waals surface area contributed by atoms with E-state index in [1.165, 1.54) is 51.9 Å². The van der Waals surface area contributed by atoms with Crippen LogP contribution in [0.2, 0.25) is 0 Å². The molecule has 1 saturated heterocycles. The van der Waals surface area contributed by atoms with E-state index in [0.717, 1.165) is 29.7 Å². The molecule has 0 aromatic rings. The largest absolute Gasteiger partial charge is 0.314 e. The molecule has 1 heterocycles. The van der Waals surface area contributed by atoms with E-state index in [2.05, 4.69) is 37.9 Å². The first kappa shape index (κ1) is 15.3. The van der Waals surface area contributed by atoms with E-state index in [-0.39, 0.29) is 0 Å². The maximum Gasteiger partial charge on any atom is 0.0113 e. The van der Waals surface area contributed by atoms with E-state index < -0.39 is 0 Å². The molecule has 1 aliphatic carbocycles. The molecule has 0 bridgehead atoms. The Morgan fingerprint density at radius 3 is 2.53 bits per heavy atom. The third kappa shape index (κ3) is 4.19. The van der Waals surface area contributed by atoms with Crippen molar-refractivity contribution in [3.63, 3.8) is 0 Å². The van der Waals surface area contributed by atoms with Gasteiger partial charge in [-0.1, -0.05) is 27.7 Å². The van der Waals surface area contributed by atoms with Crippen LogP contribution in [0, 0.1) is 23.7 Å². The highest BCUT2D eigenvalue weighted by molar-refractivity contribution is 4.90. The SMILES string of the molecule is CCCNC1CC(C)CC(C)C1CN1CCC(C)C1. The molecule has 5 atom stereocenters. The molecule has 0 amide bonds. The molecular weight excluding hydrogens is 232 g/mol. The molecule has 112 valence electrons. The van der Waals surface area contributed by atoms with Crippen LogP contribution in [-0.4, -0.2) is 37.1 Å². The van der Waals surface area contributed by atoms with Gasteiger partial charge in [-0.25, -0.2) is 0 Å². The topological polar surface area (TPSA) is 15.3 Å². The molecule has 2 heteroatoms. The average molecular weight is 266 g/mol. The minimum Gasteiger partial charge on any atom is -0.314 e. The number of nitrogens with one attached hydrogen (secondary N) is 1. The molecule has 1 aliphatic heterocycles. The van der Waals surface area contributed by atoms with Gasteiger partial charge in [0.2, 0.25) is 0 Å². The Hall–Kier alpha value is -0.0800. The van der Waals surface area contributed by atoms with Crippen LogP contribution in [0.5, 0.6) is 0 Å². The molecule has 5 unspecified atom stereocenters. The zero-order valence-electron chi connectivity index (χ0n) is 13.5. The van der Waals surface area contributed by atoms with Crippen molar-refractivity contribution in [3.8, 4) is 0 Å².